The number of benzene rings is 1. The Hall–Kier alpha value is -2.33. The molecule has 3 aromatic heterocycles. The van der Waals surface area contributed by atoms with Crippen LogP contribution in [-0.2, 0) is 19.0 Å². The summed E-state index contributed by atoms with van der Waals surface area (Å²) in [5, 5.41) is 2.07. The van der Waals surface area contributed by atoms with E-state index in [1.165, 1.54) is 17.5 Å². The molecule has 0 unspecified atom stereocenters. The zero-order valence-electron chi connectivity index (χ0n) is 18.3. The quantitative estimate of drug-likeness (QED) is 0.361. The summed E-state index contributed by atoms with van der Waals surface area (Å²) in [6.45, 7) is 2.46. The standard InChI is InChI=1S/C24H25N3O4S2/c1-15-2-8-19(9-3-15)33(28,29)31-14-18-7-6-17(13-30-18)27-22-21(26-24(27)16-4-5-16)12-25-20-10-11-32-23(20)22/h2-3,8-12,16-18H,4-7,13-14H2,1H3/t17-,18+/m0/s1. The molecule has 2 fully saturated rings. The third-order valence-electron chi connectivity index (χ3n) is 6.52. The van der Waals surface area contributed by atoms with E-state index < -0.39 is 10.1 Å². The van der Waals surface area contributed by atoms with E-state index in [9.17, 15) is 8.42 Å². The molecule has 0 radical (unpaired) electrons. The lowest BCUT2D eigenvalue weighted by Gasteiger charge is -2.31. The minimum Gasteiger partial charge on any atom is -0.374 e. The van der Waals surface area contributed by atoms with Gasteiger partial charge in [-0.3, -0.25) is 9.17 Å². The number of hydrogen-bond acceptors (Lipinski definition) is 7. The van der Waals surface area contributed by atoms with Crippen LogP contribution in [0.15, 0.2) is 46.8 Å². The number of aryl methyl sites for hydroxylation is 1. The fourth-order valence-corrected chi connectivity index (χ4v) is 6.39. The maximum Gasteiger partial charge on any atom is 0.297 e. The molecule has 1 saturated carbocycles. The summed E-state index contributed by atoms with van der Waals surface area (Å²) in [5.41, 5.74) is 4.10. The first kappa shape index (κ1) is 21.2. The number of ether oxygens (including phenoxy) is 1. The van der Waals surface area contributed by atoms with Gasteiger partial charge in [-0.1, -0.05) is 17.7 Å². The Labute approximate surface area is 196 Å². The van der Waals surface area contributed by atoms with E-state index in [-0.39, 0.29) is 23.6 Å². The van der Waals surface area contributed by atoms with E-state index in [0.29, 0.717) is 12.5 Å². The number of thiophene rings is 1. The maximum absolute atomic E-state index is 12.5. The summed E-state index contributed by atoms with van der Waals surface area (Å²) in [6, 6.07) is 8.91. The van der Waals surface area contributed by atoms with Gasteiger partial charge in [-0.15, -0.1) is 11.3 Å². The maximum atomic E-state index is 12.5. The summed E-state index contributed by atoms with van der Waals surface area (Å²) in [4.78, 5) is 9.70. The molecular formula is C24H25N3O4S2. The van der Waals surface area contributed by atoms with Gasteiger partial charge in [0.1, 0.15) is 11.3 Å². The Morgan fingerprint density at radius 3 is 2.67 bits per heavy atom. The molecule has 4 heterocycles. The van der Waals surface area contributed by atoms with Crippen LogP contribution in [0.4, 0.5) is 0 Å². The zero-order chi connectivity index (χ0) is 22.6. The van der Waals surface area contributed by atoms with E-state index >= 15 is 0 Å². The Kier molecular flexibility index (Phi) is 5.25. The first-order valence-electron chi connectivity index (χ1n) is 11.3. The second-order valence-electron chi connectivity index (χ2n) is 8.98. The van der Waals surface area contributed by atoms with Gasteiger partial charge < -0.3 is 9.30 Å². The Morgan fingerprint density at radius 1 is 1.12 bits per heavy atom. The molecule has 0 spiro atoms. The number of hydrogen-bond donors (Lipinski definition) is 0. The molecule has 1 aromatic carbocycles. The highest BCUT2D eigenvalue weighted by Gasteiger charge is 2.34. The molecular weight excluding hydrogens is 458 g/mol. The number of imidazole rings is 1. The molecule has 33 heavy (non-hydrogen) atoms. The fraction of sp³-hybridized carbons (Fsp3) is 0.417. The molecule has 0 bridgehead atoms. The van der Waals surface area contributed by atoms with Crippen molar-refractivity contribution in [2.45, 2.75) is 55.6 Å². The van der Waals surface area contributed by atoms with Crippen LogP contribution >= 0.6 is 11.3 Å². The largest absolute Gasteiger partial charge is 0.374 e. The Balaban J connectivity index is 1.19. The average Bonchev–Trinajstić information content (AvgIpc) is 3.42. The molecule has 0 N–H and O–H groups in total. The molecule has 2 aliphatic rings. The van der Waals surface area contributed by atoms with E-state index in [1.54, 1.807) is 35.6 Å². The van der Waals surface area contributed by atoms with Crippen LogP contribution in [0.3, 0.4) is 0 Å². The van der Waals surface area contributed by atoms with E-state index in [0.717, 1.165) is 40.8 Å². The van der Waals surface area contributed by atoms with Gasteiger partial charge in [0.15, 0.2) is 0 Å². The molecule has 2 atom stereocenters. The normalized spacial score (nSPS) is 21.7. The van der Waals surface area contributed by atoms with Crippen molar-refractivity contribution in [3.8, 4) is 0 Å². The molecule has 6 rings (SSSR count). The molecule has 7 nitrogen and oxygen atoms in total. The van der Waals surface area contributed by atoms with Crippen LogP contribution in [0.5, 0.6) is 0 Å². The molecule has 1 saturated heterocycles. The summed E-state index contributed by atoms with van der Waals surface area (Å²) in [6.07, 6.45) is 5.60. The van der Waals surface area contributed by atoms with Crippen LogP contribution < -0.4 is 0 Å². The van der Waals surface area contributed by atoms with Crippen molar-refractivity contribution in [2.75, 3.05) is 13.2 Å². The lowest BCUT2D eigenvalue weighted by Crippen LogP contribution is -2.32. The van der Waals surface area contributed by atoms with Crippen molar-refractivity contribution in [1.82, 2.24) is 14.5 Å². The Morgan fingerprint density at radius 2 is 1.94 bits per heavy atom. The Bertz CT molecular complexity index is 1410. The van der Waals surface area contributed by atoms with Crippen molar-refractivity contribution < 1.29 is 17.3 Å². The number of rotatable bonds is 6. The number of nitrogens with zero attached hydrogens (tertiary/aromatic N) is 3. The minimum absolute atomic E-state index is 0.0299. The molecule has 9 heteroatoms. The second kappa shape index (κ2) is 8.16. The molecule has 0 amide bonds. The van der Waals surface area contributed by atoms with Crippen LogP contribution in [-0.4, -0.2) is 42.3 Å². The first-order chi connectivity index (χ1) is 16.0. The van der Waals surface area contributed by atoms with Gasteiger partial charge in [0.25, 0.3) is 10.1 Å². The summed E-state index contributed by atoms with van der Waals surface area (Å²) in [7, 11) is -3.79. The van der Waals surface area contributed by atoms with Crippen molar-refractivity contribution in [3.63, 3.8) is 0 Å². The van der Waals surface area contributed by atoms with Crippen molar-refractivity contribution in [3.05, 3.63) is 53.3 Å². The van der Waals surface area contributed by atoms with Crippen LogP contribution in [0.25, 0.3) is 21.3 Å². The SMILES string of the molecule is Cc1ccc(S(=O)(=O)OC[C@H]2CC[C@H](n3c(C4CC4)nc4cnc5ccsc5c43)CO2)cc1. The third-order valence-corrected chi connectivity index (χ3v) is 8.73. The van der Waals surface area contributed by atoms with Gasteiger partial charge in [0, 0.05) is 5.92 Å². The van der Waals surface area contributed by atoms with Gasteiger partial charge in [-0.05, 0) is 56.2 Å². The predicted octanol–water partition coefficient (Wildman–Crippen LogP) is 4.96. The average molecular weight is 484 g/mol. The smallest absolute Gasteiger partial charge is 0.297 e. The monoisotopic (exact) mass is 483 g/mol. The van der Waals surface area contributed by atoms with Gasteiger partial charge in [-0.2, -0.15) is 8.42 Å². The lowest BCUT2D eigenvalue weighted by molar-refractivity contribution is -0.0323. The molecule has 1 aliphatic heterocycles. The first-order valence-corrected chi connectivity index (χ1v) is 13.6. The number of fused-ring (bicyclic) bond motifs is 3. The number of pyridine rings is 1. The highest BCUT2D eigenvalue weighted by molar-refractivity contribution is 7.86. The van der Waals surface area contributed by atoms with Gasteiger partial charge in [0.05, 0.1) is 52.2 Å². The van der Waals surface area contributed by atoms with E-state index in [2.05, 4.69) is 14.9 Å². The second-order valence-corrected chi connectivity index (χ2v) is 11.5. The van der Waals surface area contributed by atoms with Crippen molar-refractivity contribution in [1.29, 1.82) is 0 Å². The van der Waals surface area contributed by atoms with E-state index in [4.69, 9.17) is 13.9 Å². The number of aromatic nitrogens is 3. The van der Waals surface area contributed by atoms with Gasteiger partial charge in [-0.25, -0.2) is 4.98 Å². The predicted molar refractivity (Wildman–Crippen MR) is 127 cm³/mol. The highest BCUT2D eigenvalue weighted by Crippen LogP contribution is 2.44. The summed E-state index contributed by atoms with van der Waals surface area (Å²) >= 11 is 1.70. The fourth-order valence-electron chi connectivity index (χ4n) is 4.56. The minimum atomic E-state index is -3.79. The molecule has 1 aliphatic carbocycles. The topological polar surface area (TPSA) is 83.3 Å². The van der Waals surface area contributed by atoms with E-state index in [1.807, 2.05) is 19.2 Å². The molecule has 172 valence electrons. The summed E-state index contributed by atoms with van der Waals surface area (Å²) in [5.74, 6) is 1.64. The van der Waals surface area contributed by atoms with Gasteiger partial charge >= 0.3 is 0 Å². The lowest BCUT2D eigenvalue weighted by atomic mass is 10.0. The highest BCUT2D eigenvalue weighted by atomic mass is 32.2. The van der Waals surface area contributed by atoms with Crippen molar-refractivity contribution >= 4 is 42.7 Å². The van der Waals surface area contributed by atoms with Crippen LogP contribution in [0.1, 0.15) is 49.0 Å². The van der Waals surface area contributed by atoms with Gasteiger partial charge in [0.2, 0.25) is 0 Å². The third kappa shape index (κ3) is 3.97. The zero-order valence-corrected chi connectivity index (χ0v) is 19.9. The van der Waals surface area contributed by atoms with Crippen molar-refractivity contribution in [2.24, 2.45) is 0 Å². The van der Waals surface area contributed by atoms with Crippen LogP contribution in [0, 0.1) is 6.92 Å². The molecule has 4 aromatic rings. The van der Waals surface area contributed by atoms with Crippen LogP contribution in [0.2, 0.25) is 0 Å². The summed E-state index contributed by atoms with van der Waals surface area (Å²) < 4.78 is 40.0.